The van der Waals surface area contributed by atoms with E-state index in [-0.39, 0.29) is 10.7 Å². The van der Waals surface area contributed by atoms with E-state index in [4.69, 9.17) is 17.0 Å². The number of allylic oxidation sites excluding steroid dienone is 2. The van der Waals surface area contributed by atoms with Crippen LogP contribution in [0.5, 0.6) is 5.75 Å². The summed E-state index contributed by atoms with van der Waals surface area (Å²) in [6.07, 6.45) is 4.98. The van der Waals surface area contributed by atoms with Gasteiger partial charge in [-0.05, 0) is 61.5 Å². The maximum Gasteiger partial charge on any atom is 0.270 e. The third-order valence-electron chi connectivity index (χ3n) is 4.36. The lowest BCUT2D eigenvalue weighted by molar-refractivity contribution is -0.122. The largest absolute Gasteiger partial charge is 0.497 e. The van der Waals surface area contributed by atoms with Crippen molar-refractivity contribution in [1.82, 2.24) is 5.32 Å². The van der Waals surface area contributed by atoms with E-state index in [0.717, 1.165) is 22.4 Å². The normalized spacial score (nSPS) is 16.0. The van der Waals surface area contributed by atoms with Crippen molar-refractivity contribution in [2.45, 2.75) is 13.8 Å². The molecule has 0 spiro atoms. The lowest BCUT2D eigenvalue weighted by Crippen LogP contribution is -2.54. The Morgan fingerprint density at radius 3 is 2.43 bits per heavy atom. The first-order valence-corrected chi connectivity index (χ1v) is 9.11. The first kappa shape index (κ1) is 19.5. The van der Waals surface area contributed by atoms with Gasteiger partial charge in [-0.25, -0.2) is 0 Å². The SMILES string of the molecule is COc1ccc(/C=C/C=C2\C(=O)NC(=S)N(c3ccc(C)cc3C)C2=O)cc1. The van der Waals surface area contributed by atoms with Gasteiger partial charge in [-0.2, -0.15) is 0 Å². The number of hydrogen-bond donors (Lipinski definition) is 1. The minimum Gasteiger partial charge on any atom is -0.497 e. The molecule has 1 aliphatic heterocycles. The lowest BCUT2D eigenvalue weighted by atomic mass is 10.1. The maximum absolute atomic E-state index is 13.0. The van der Waals surface area contributed by atoms with Gasteiger partial charge in [-0.15, -0.1) is 0 Å². The number of hydrogen-bond acceptors (Lipinski definition) is 4. The minimum absolute atomic E-state index is 0.0262. The molecule has 0 unspecified atom stereocenters. The molecular weight excluding hydrogens is 372 g/mol. The Bertz CT molecular complexity index is 1010. The van der Waals surface area contributed by atoms with E-state index in [2.05, 4.69) is 5.32 Å². The Labute approximate surface area is 169 Å². The van der Waals surface area contributed by atoms with E-state index in [9.17, 15) is 9.59 Å². The van der Waals surface area contributed by atoms with Gasteiger partial charge in [-0.1, -0.05) is 42.0 Å². The molecule has 0 bridgehead atoms. The molecule has 0 aromatic heterocycles. The summed E-state index contributed by atoms with van der Waals surface area (Å²) >= 11 is 5.24. The second-order valence-corrected chi connectivity index (χ2v) is 6.79. The highest BCUT2D eigenvalue weighted by molar-refractivity contribution is 7.80. The number of anilines is 1. The number of rotatable bonds is 4. The quantitative estimate of drug-likeness (QED) is 0.490. The number of amides is 2. The van der Waals surface area contributed by atoms with Crippen LogP contribution in [0.25, 0.3) is 6.08 Å². The van der Waals surface area contributed by atoms with E-state index in [1.807, 2.05) is 56.3 Å². The Morgan fingerprint density at radius 1 is 1.07 bits per heavy atom. The zero-order valence-corrected chi connectivity index (χ0v) is 16.7. The van der Waals surface area contributed by atoms with Crippen molar-refractivity contribution >= 4 is 40.9 Å². The molecule has 2 aromatic carbocycles. The average Bonchev–Trinajstić information content (AvgIpc) is 2.66. The Morgan fingerprint density at radius 2 is 1.79 bits per heavy atom. The van der Waals surface area contributed by atoms with Gasteiger partial charge in [0.25, 0.3) is 11.8 Å². The van der Waals surface area contributed by atoms with Crippen molar-refractivity contribution in [3.05, 3.63) is 76.9 Å². The second kappa shape index (κ2) is 8.19. The predicted octanol–water partition coefficient (Wildman–Crippen LogP) is 3.70. The standard InChI is InChI=1S/C22H20N2O3S/c1-14-7-12-19(15(2)13-14)24-21(26)18(20(25)23-22(24)28)6-4-5-16-8-10-17(27-3)11-9-16/h4-13H,1-3H3,(H,23,25,28)/b5-4+,18-6+. The highest BCUT2D eigenvalue weighted by Crippen LogP contribution is 2.25. The third-order valence-corrected chi connectivity index (χ3v) is 4.65. The van der Waals surface area contributed by atoms with Crippen LogP contribution in [0.3, 0.4) is 0 Å². The molecule has 5 nitrogen and oxygen atoms in total. The van der Waals surface area contributed by atoms with Crippen LogP contribution in [-0.2, 0) is 9.59 Å². The average molecular weight is 392 g/mol. The lowest BCUT2D eigenvalue weighted by Gasteiger charge is -2.30. The Balaban J connectivity index is 1.88. The van der Waals surface area contributed by atoms with Crippen LogP contribution in [0, 0.1) is 13.8 Å². The van der Waals surface area contributed by atoms with E-state index < -0.39 is 11.8 Å². The molecule has 0 saturated carbocycles. The summed E-state index contributed by atoms with van der Waals surface area (Å²) in [5, 5.41) is 2.67. The summed E-state index contributed by atoms with van der Waals surface area (Å²) in [5.41, 5.74) is 3.59. The third kappa shape index (κ3) is 4.02. The zero-order valence-electron chi connectivity index (χ0n) is 15.9. The molecule has 142 valence electrons. The summed E-state index contributed by atoms with van der Waals surface area (Å²) in [5.74, 6) is -0.189. The van der Waals surface area contributed by atoms with E-state index in [0.29, 0.717) is 5.69 Å². The van der Waals surface area contributed by atoms with Gasteiger partial charge in [0.05, 0.1) is 12.8 Å². The summed E-state index contributed by atoms with van der Waals surface area (Å²) < 4.78 is 5.13. The number of carbonyl (C=O) groups is 2. The molecule has 3 rings (SSSR count). The number of methoxy groups -OCH3 is 1. The first-order chi connectivity index (χ1) is 13.4. The fraction of sp³-hybridized carbons (Fsp3) is 0.136. The van der Waals surface area contributed by atoms with E-state index in [1.165, 1.54) is 11.0 Å². The topological polar surface area (TPSA) is 58.6 Å². The molecule has 1 heterocycles. The molecule has 2 amide bonds. The summed E-state index contributed by atoms with van der Waals surface area (Å²) in [7, 11) is 1.61. The Kier molecular flexibility index (Phi) is 5.70. The number of carbonyl (C=O) groups excluding carboxylic acids is 2. The summed E-state index contributed by atoms with van der Waals surface area (Å²) in [6.45, 7) is 3.88. The van der Waals surface area contributed by atoms with Crippen LogP contribution >= 0.6 is 12.2 Å². The molecule has 6 heteroatoms. The van der Waals surface area contributed by atoms with Gasteiger partial charge in [0.15, 0.2) is 5.11 Å². The van der Waals surface area contributed by atoms with Crippen LogP contribution in [0.2, 0.25) is 0 Å². The molecule has 1 aliphatic rings. The molecule has 0 atom stereocenters. The molecule has 1 fully saturated rings. The van der Waals surface area contributed by atoms with Gasteiger partial charge in [0, 0.05) is 0 Å². The Hall–Kier alpha value is -3.25. The van der Waals surface area contributed by atoms with Crippen molar-refractivity contribution in [2.24, 2.45) is 0 Å². The number of benzene rings is 2. The fourth-order valence-corrected chi connectivity index (χ4v) is 3.20. The number of aryl methyl sites for hydroxylation is 2. The number of nitrogens with one attached hydrogen (secondary N) is 1. The monoisotopic (exact) mass is 392 g/mol. The molecule has 0 aliphatic carbocycles. The van der Waals surface area contributed by atoms with Crippen molar-refractivity contribution in [3.63, 3.8) is 0 Å². The van der Waals surface area contributed by atoms with Gasteiger partial charge in [0.1, 0.15) is 11.3 Å². The maximum atomic E-state index is 13.0. The highest BCUT2D eigenvalue weighted by Gasteiger charge is 2.34. The highest BCUT2D eigenvalue weighted by atomic mass is 32.1. The summed E-state index contributed by atoms with van der Waals surface area (Å²) in [6, 6.07) is 13.1. The molecule has 2 aromatic rings. The van der Waals surface area contributed by atoms with Crippen LogP contribution in [0.4, 0.5) is 5.69 Å². The van der Waals surface area contributed by atoms with Crippen LogP contribution in [-0.4, -0.2) is 24.0 Å². The van der Waals surface area contributed by atoms with Crippen molar-refractivity contribution < 1.29 is 14.3 Å². The fourth-order valence-electron chi connectivity index (χ4n) is 2.92. The van der Waals surface area contributed by atoms with Crippen LogP contribution in [0.15, 0.2) is 60.2 Å². The molecule has 28 heavy (non-hydrogen) atoms. The second-order valence-electron chi connectivity index (χ2n) is 6.40. The predicted molar refractivity (Wildman–Crippen MR) is 114 cm³/mol. The first-order valence-electron chi connectivity index (χ1n) is 8.70. The zero-order chi connectivity index (χ0) is 20.3. The minimum atomic E-state index is -0.504. The van der Waals surface area contributed by atoms with Gasteiger partial charge < -0.3 is 4.74 Å². The van der Waals surface area contributed by atoms with Crippen molar-refractivity contribution in [2.75, 3.05) is 12.0 Å². The molecule has 0 radical (unpaired) electrons. The molecule has 1 saturated heterocycles. The van der Waals surface area contributed by atoms with Crippen LogP contribution < -0.4 is 15.0 Å². The van der Waals surface area contributed by atoms with Crippen molar-refractivity contribution in [1.29, 1.82) is 0 Å². The van der Waals surface area contributed by atoms with Gasteiger partial charge >= 0.3 is 0 Å². The van der Waals surface area contributed by atoms with E-state index >= 15 is 0 Å². The smallest absolute Gasteiger partial charge is 0.270 e. The van der Waals surface area contributed by atoms with Crippen LogP contribution in [0.1, 0.15) is 16.7 Å². The number of thiocarbonyl (C=S) groups is 1. The molecular formula is C22H20N2O3S. The van der Waals surface area contributed by atoms with Gasteiger partial charge in [0.2, 0.25) is 0 Å². The molecule has 1 N–H and O–H groups in total. The van der Waals surface area contributed by atoms with Crippen molar-refractivity contribution in [3.8, 4) is 5.75 Å². The van der Waals surface area contributed by atoms with E-state index in [1.54, 1.807) is 19.3 Å². The number of nitrogens with zero attached hydrogens (tertiary/aromatic N) is 1. The van der Waals surface area contributed by atoms with Gasteiger partial charge in [-0.3, -0.25) is 19.8 Å². The number of ether oxygens (including phenoxy) is 1. The summed E-state index contributed by atoms with van der Waals surface area (Å²) in [4.78, 5) is 26.6.